The molecule has 3 aliphatic rings. The van der Waals surface area contributed by atoms with E-state index in [0.29, 0.717) is 11.5 Å². The van der Waals surface area contributed by atoms with Crippen molar-refractivity contribution in [3.8, 4) is 0 Å². The summed E-state index contributed by atoms with van der Waals surface area (Å²) in [5.74, 6) is 3.39. The molecule has 0 N–H and O–H groups in total. The summed E-state index contributed by atoms with van der Waals surface area (Å²) in [6.07, 6.45) is 21.2. The molecule has 1 unspecified atom stereocenters. The molecule has 0 bridgehead atoms. The average molecular weight is 457 g/mol. The van der Waals surface area contributed by atoms with Gasteiger partial charge in [-0.2, -0.15) is 0 Å². The van der Waals surface area contributed by atoms with Crippen molar-refractivity contribution in [2.24, 2.45) is 29.1 Å². The Balaban J connectivity index is 1.66. The Labute approximate surface area is 201 Å². The Morgan fingerprint density at radius 3 is 2.53 bits per heavy atom. The molecular formula is C30H52OSi. The van der Waals surface area contributed by atoms with Crippen molar-refractivity contribution < 1.29 is 4.43 Å². The van der Waals surface area contributed by atoms with Crippen LogP contribution in [0, 0.1) is 29.1 Å². The zero-order valence-electron chi connectivity index (χ0n) is 22.6. The molecule has 32 heavy (non-hydrogen) atoms. The van der Waals surface area contributed by atoms with Gasteiger partial charge in [-0.05, 0) is 112 Å². The molecule has 0 heterocycles. The normalized spacial score (nSPS) is 32.5. The van der Waals surface area contributed by atoms with Crippen molar-refractivity contribution in [1.29, 1.82) is 0 Å². The number of allylic oxidation sites excluding steroid dienone is 5. The van der Waals surface area contributed by atoms with Crippen LogP contribution in [0.15, 0.2) is 34.9 Å². The molecule has 182 valence electrons. The van der Waals surface area contributed by atoms with Gasteiger partial charge in [0.2, 0.25) is 0 Å². The van der Waals surface area contributed by atoms with Gasteiger partial charge in [0.15, 0.2) is 8.32 Å². The van der Waals surface area contributed by atoms with Gasteiger partial charge in [-0.3, -0.25) is 0 Å². The third kappa shape index (κ3) is 6.50. The van der Waals surface area contributed by atoms with Crippen molar-refractivity contribution in [3.05, 3.63) is 34.9 Å². The van der Waals surface area contributed by atoms with Crippen LogP contribution in [0.1, 0.15) is 98.8 Å². The lowest BCUT2D eigenvalue weighted by molar-refractivity contribution is 0.107. The van der Waals surface area contributed by atoms with Crippen LogP contribution in [-0.2, 0) is 4.43 Å². The quantitative estimate of drug-likeness (QED) is 0.314. The molecule has 0 radical (unpaired) electrons. The van der Waals surface area contributed by atoms with Gasteiger partial charge < -0.3 is 4.43 Å². The minimum Gasteiger partial charge on any atom is -0.414 e. The van der Waals surface area contributed by atoms with E-state index < -0.39 is 8.32 Å². The van der Waals surface area contributed by atoms with Crippen LogP contribution in [0.2, 0.25) is 19.6 Å². The van der Waals surface area contributed by atoms with Crippen LogP contribution < -0.4 is 0 Å². The predicted molar refractivity (Wildman–Crippen MR) is 143 cm³/mol. The molecule has 2 heteroatoms. The van der Waals surface area contributed by atoms with Gasteiger partial charge in [0.05, 0.1) is 0 Å². The number of hydrogen-bond donors (Lipinski definition) is 0. The van der Waals surface area contributed by atoms with Crippen molar-refractivity contribution in [2.45, 2.75) is 125 Å². The van der Waals surface area contributed by atoms with Crippen molar-refractivity contribution >= 4 is 8.32 Å². The van der Waals surface area contributed by atoms with Crippen LogP contribution in [0.5, 0.6) is 0 Å². The molecule has 1 nitrogen and oxygen atoms in total. The minimum atomic E-state index is -1.47. The number of fused-ring (bicyclic) bond motifs is 1. The van der Waals surface area contributed by atoms with Gasteiger partial charge in [0.1, 0.15) is 0 Å². The van der Waals surface area contributed by atoms with Crippen LogP contribution in [0.3, 0.4) is 0 Å². The summed E-state index contributed by atoms with van der Waals surface area (Å²) >= 11 is 0. The SMILES string of the molecule is CC1=C(/C=C/C2=CCC[C@]3(C)[C@@H]([C@H](C)CCCC(C)C)CC[C@@H]23)CC(O[Si](C)(C)C)CC1. The molecule has 0 aromatic carbocycles. The Hall–Kier alpha value is -0.603. The highest BCUT2D eigenvalue weighted by atomic mass is 28.4. The van der Waals surface area contributed by atoms with E-state index in [-0.39, 0.29) is 0 Å². The number of hydrogen-bond acceptors (Lipinski definition) is 1. The first-order chi connectivity index (χ1) is 15.0. The molecule has 0 spiro atoms. The molecular weight excluding hydrogens is 404 g/mol. The number of rotatable bonds is 9. The molecule has 5 atom stereocenters. The molecule has 0 aliphatic heterocycles. The van der Waals surface area contributed by atoms with E-state index in [4.69, 9.17) is 4.43 Å². The fraction of sp³-hybridized carbons (Fsp3) is 0.800. The zero-order valence-corrected chi connectivity index (χ0v) is 23.6. The van der Waals surface area contributed by atoms with E-state index >= 15 is 0 Å². The molecule has 1 fully saturated rings. The maximum absolute atomic E-state index is 6.48. The molecule has 3 aliphatic carbocycles. The first-order valence-electron chi connectivity index (χ1n) is 13.7. The zero-order chi connectivity index (χ0) is 23.5. The highest BCUT2D eigenvalue weighted by molar-refractivity contribution is 6.69. The van der Waals surface area contributed by atoms with E-state index in [0.717, 1.165) is 30.1 Å². The van der Waals surface area contributed by atoms with Crippen LogP contribution in [0.4, 0.5) is 0 Å². The smallest absolute Gasteiger partial charge is 0.184 e. The Morgan fingerprint density at radius 2 is 1.84 bits per heavy atom. The summed E-state index contributed by atoms with van der Waals surface area (Å²) in [6, 6.07) is 0. The van der Waals surface area contributed by atoms with E-state index in [1.807, 2.05) is 0 Å². The summed E-state index contributed by atoms with van der Waals surface area (Å²) in [4.78, 5) is 0. The van der Waals surface area contributed by atoms with Gasteiger partial charge >= 0.3 is 0 Å². The second-order valence-electron chi connectivity index (χ2n) is 13.0. The third-order valence-electron chi connectivity index (χ3n) is 8.84. The second-order valence-corrected chi connectivity index (χ2v) is 17.5. The van der Waals surface area contributed by atoms with E-state index in [2.05, 4.69) is 72.5 Å². The molecule has 1 saturated carbocycles. The monoisotopic (exact) mass is 456 g/mol. The van der Waals surface area contributed by atoms with E-state index in [1.165, 1.54) is 57.8 Å². The highest BCUT2D eigenvalue weighted by Gasteiger charge is 2.49. The standard InChI is InChI=1S/C30H52OSi/c1-22(2)11-9-12-24(4)28-18-19-29-25(13-10-20-30(28,29)5)15-16-26-21-27(17-14-23(26)3)31-32(6,7)8/h13,15-16,22,24,27-29H,9-12,14,17-21H2,1-8H3/b16-15+/t24-,27?,28-,29+,30-/m1/s1. The summed E-state index contributed by atoms with van der Waals surface area (Å²) < 4.78 is 6.48. The van der Waals surface area contributed by atoms with Gasteiger partial charge in [-0.25, -0.2) is 0 Å². The van der Waals surface area contributed by atoms with Crippen LogP contribution in [0.25, 0.3) is 0 Å². The Kier molecular flexibility index (Phi) is 8.75. The maximum atomic E-state index is 6.48. The van der Waals surface area contributed by atoms with Gasteiger partial charge in [-0.1, -0.05) is 70.8 Å². The maximum Gasteiger partial charge on any atom is 0.184 e. The summed E-state index contributed by atoms with van der Waals surface area (Å²) in [5.41, 5.74) is 5.28. The van der Waals surface area contributed by atoms with Gasteiger partial charge in [0, 0.05) is 6.10 Å². The van der Waals surface area contributed by atoms with Crippen molar-refractivity contribution in [3.63, 3.8) is 0 Å². The summed E-state index contributed by atoms with van der Waals surface area (Å²) in [5, 5.41) is 0. The Bertz CT molecular complexity index is 722. The molecule has 3 rings (SSSR count). The molecule has 0 aromatic heterocycles. The van der Waals surface area contributed by atoms with Crippen LogP contribution in [-0.4, -0.2) is 14.4 Å². The third-order valence-corrected chi connectivity index (χ3v) is 9.88. The van der Waals surface area contributed by atoms with Gasteiger partial charge in [0.25, 0.3) is 0 Å². The fourth-order valence-electron chi connectivity index (χ4n) is 7.10. The summed E-state index contributed by atoms with van der Waals surface area (Å²) in [6.45, 7) is 19.2. The second kappa shape index (κ2) is 10.8. The lowest BCUT2D eigenvalue weighted by atomic mass is 9.62. The minimum absolute atomic E-state index is 0.429. The van der Waals surface area contributed by atoms with Crippen LogP contribution >= 0.6 is 0 Å². The molecule has 0 saturated heterocycles. The Morgan fingerprint density at radius 1 is 1.09 bits per heavy atom. The van der Waals surface area contributed by atoms with Crippen molar-refractivity contribution in [2.75, 3.05) is 0 Å². The first kappa shape index (κ1) is 26.0. The topological polar surface area (TPSA) is 9.23 Å². The highest BCUT2D eigenvalue weighted by Crippen LogP contribution is 2.58. The molecule has 0 aromatic rings. The van der Waals surface area contributed by atoms with E-state index in [1.54, 1.807) is 16.7 Å². The van der Waals surface area contributed by atoms with Gasteiger partial charge in [-0.15, -0.1) is 0 Å². The largest absolute Gasteiger partial charge is 0.414 e. The lowest BCUT2D eigenvalue weighted by Gasteiger charge is -2.43. The first-order valence-corrected chi connectivity index (χ1v) is 17.1. The lowest BCUT2D eigenvalue weighted by Crippen LogP contribution is -2.35. The predicted octanol–water partition coefficient (Wildman–Crippen LogP) is 9.48. The molecule has 0 amide bonds. The summed E-state index contributed by atoms with van der Waals surface area (Å²) in [7, 11) is -1.47. The van der Waals surface area contributed by atoms with E-state index in [9.17, 15) is 0 Å². The fourth-order valence-corrected chi connectivity index (χ4v) is 8.30. The van der Waals surface area contributed by atoms with Crippen molar-refractivity contribution in [1.82, 2.24) is 0 Å². The average Bonchev–Trinajstić information content (AvgIpc) is 3.04.